The molecule has 1 aliphatic rings. The predicted molar refractivity (Wildman–Crippen MR) is 96.2 cm³/mol. The number of methoxy groups -OCH3 is 1. The van der Waals surface area contributed by atoms with Crippen molar-refractivity contribution in [1.82, 2.24) is 15.6 Å². The third-order valence-electron chi connectivity index (χ3n) is 3.66. The molecule has 5 nitrogen and oxygen atoms in total. The summed E-state index contributed by atoms with van der Waals surface area (Å²) in [5.74, 6) is -0.201. The minimum Gasteiger partial charge on any atom is -0.378 e. The summed E-state index contributed by atoms with van der Waals surface area (Å²) in [4.78, 5) is 16.7. The first kappa shape index (κ1) is 19.9. The Morgan fingerprint density at radius 1 is 1.30 bits per heavy atom. The molecule has 2 atom stereocenters. The van der Waals surface area contributed by atoms with E-state index in [0.29, 0.717) is 22.8 Å². The van der Waals surface area contributed by atoms with E-state index >= 15 is 0 Å². The van der Waals surface area contributed by atoms with Gasteiger partial charge in [-0.15, -0.1) is 24.8 Å². The van der Waals surface area contributed by atoms with Crippen LogP contribution in [0, 0.1) is 0 Å². The molecule has 2 N–H and O–H groups in total. The highest BCUT2D eigenvalue weighted by Gasteiger charge is 2.28. The van der Waals surface area contributed by atoms with Crippen molar-refractivity contribution >= 4 is 53.2 Å². The molecule has 1 aromatic carbocycles. The van der Waals surface area contributed by atoms with Crippen LogP contribution in [0.3, 0.4) is 0 Å². The molecule has 126 valence electrons. The lowest BCUT2D eigenvalue weighted by Gasteiger charge is -2.18. The van der Waals surface area contributed by atoms with Gasteiger partial charge < -0.3 is 15.4 Å². The molecule has 0 spiro atoms. The van der Waals surface area contributed by atoms with Gasteiger partial charge in [0.15, 0.2) is 0 Å². The Morgan fingerprint density at radius 2 is 2.04 bits per heavy atom. The summed E-state index contributed by atoms with van der Waals surface area (Å²) in [5.41, 5.74) is 1.09. The van der Waals surface area contributed by atoms with Crippen LogP contribution in [0.2, 0.25) is 5.02 Å². The minimum absolute atomic E-state index is 0. The average Bonchev–Trinajstić information content (AvgIpc) is 2.93. The summed E-state index contributed by atoms with van der Waals surface area (Å²) in [5, 5.41) is 7.70. The van der Waals surface area contributed by atoms with Gasteiger partial charge in [0, 0.05) is 30.6 Å². The van der Waals surface area contributed by atoms with E-state index in [9.17, 15) is 4.79 Å². The van der Waals surface area contributed by atoms with Crippen LogP contribution >= 0.6 is 36.4 Å². The van der Waals surface area contributed by atoms with E-state index in [1.54, 1.807) is 25.3 Å². The molecule has 1 saturated heterocycles. The zero-order chi connectivity index (χ0) is 14.8. The zero-order valence-corrected chi connectivity index (χ0v) is 14.8. The Hall–Kier alpha value is -1.11. The maximum absolute atomic E-state index is 12.3. The van der Waals surface area contributed by atoms with Crippen LogP contribution in [-0.4, -0.2) is 43.2 Å². The highest BCUT2D eigenvalue weighted by Crippen LogP contribution is 2.18. The predicted octanol–water partition coefficient (Wildman–Crippen LogP) is 2.45. The van der Waals surface area contributed by atoms with Crippen LogP contribution in [0.25, 0.3) is 10.9 Å². The summed E-state index contributed by atoms with van der Waals surface area (Å²) in [6, 6.07) is 8.99. The lowest BCUT2D eigenvalue weighted by atomic mass is 10.1. The number of halogens is 3. The molecule has 3 rings (SSSR count). The molecule has 0 radical (unpaired) electrons. The molecule has 1 fully saturated rings. The summed E-state index contributed by atoms with van der Waals surface area (Å²) < 4.78 is 5.33. The second-order valence-corrected chi connectivity index (χ2v) is 5.48. The van der Waals surface area contributed by atoms with E-state index in [0.717, 1.165) is 11.9 Å². The first-order chi connectivity index (χ1) is 10.2. The largest absolute Gasteiger partial charge is 0.378 e. The molecular formula is C15H18Cl3N3O2. The van der Waals surface area contributed by atoms with E-state index < -0.39 is 0 Å². The molecule has 0 aliphatic carbocycles. The number of hydrogen-bond acceptors (Lipinski definition) is 4. The molecular weight excluding hydrogens is 361 g/mol. The Kier molecular flexibility index (Phi) is 7.51. The van der Waals surface area contributed by atoms with Crippen LogP contribution in [0.15, 0.2) is 30.3 Å². The quantitative estimate of drug-likeness (QED) is 0.861. The highest BCUT2D eigenvalue weighted by atomic mass is 35.5. The molecule has 2 aromatic rings. The van der Waals surface area contributed by atoms with Crippen LogP contribution in [0.5, 0.6) is 0 Å². The van der Waals surface area contributed by atoms with Crippen molar-refractivity contribution in [3.63, 3.8) is 0 Å². The zero-order valence-electron chi connectivity index (χ0n) is 12.4. The monoisotopic (exact) mass is 377 g/mol. The van der Waals surface area contributed by atoms with E-state index in [1.807, 2.05) is 12.1 Å². The topological polar surface area (TPSA) is 63.2 Å². The van der Waals surface area contributed by atoms with E-state index in [1.165, 1.54) is 0 Å². The fraction of sp³-hybridized carbons (Fsp3) is 0.333. The smallest absolute Gasteiger partial charge is 0.270 e. The number of ether oxygens (including phenoxy) is 1. The average molecular weight is 379 g/mol. The molecule has 1 amide bonds. The fourth-order valence-electron chi connectivity index (χ4n) is 2.51. The maximum atomic E-state index is 12.3. The van der Waals surface area contributed by atoms with Crippen molar-refractivity contribution in [3.05, 3.63) is 41.0 Å². The van der Waals surface area contributed by atoms with Crippen molar-refractivity contribution < 1.29 is 9.53 Å². The van der Waals surface area contributed by atoms with Crippen molar-refractivity contribution in [3.8, 4) is 0 Å². The van der Waals surface area contributed by atoms with Gasteiger partial charge in [-0.2, -0.15) is 0 Å². The minimum atomic E-state index is -0.201. The fourth-order valence-corrected chi connectivity index (χ4v) is 2.67. The molecule has 2 unspecified atom stereocenters. The van der Waals surface area contributed by atoms with Gasteiger partial charge >= 0.3 is 0 Å². The first-order valence-electron chi connectivity index (χ1n) is 6.78. The van der Waals surface area contributed by atoms with E-state index in [-0.39, 0.29) is 42.9 Å². The van der Waals surface area contributed by atoms with Gasteiger partial charge in [0.2, 0.25) is 0 Å². The van der Waals surface area contributed by atoms with Crippen LogP contribution in [0.4, 0.5) is 0 Å². The molecule has 2 heterocycles. The molecule has 1 aromatic heterocycles. The number of hydrogen-bond donors (Lipinski definition) is 2. The number of fused-ring (bicyclic) bond motifs is 1. The number of nitrogens with one attached hydrogen (secondary N) is 2. The van der Waals surface area contributed by atoms with Gasteiger partial charge in [-0.3, -0.25) is 4.79 Å². The highest BCUT2D eigenvalue weighted by molar-refractivity contribution is 6.31. The molecule has 0 bridgehead atoms. The van der Waals surface area contributed by atoms with Gasteiger partial charge in [0.05, 0.1) is 17.7 Å². The molecule has 1 aliphatic heterocycles. The van der Waals surface area contributed by atoms with Gasteiger partial charge in [0.25, 0.3) is 5.91 Å². The normalized spacial score (nSPS) is 19.7. The number of rotatable bonds is 3. The maximum Gasteiger partial charge on any atom is 0.270 e. The lowest BCUT2D eigenvalue weighted by Crippen LogP contribution is -2.43. The molecule has 0 saturated carbocycles. The number of benzene rings is 1. The Labute approximate surface area is 152 Å². The molecule has 8 heteroatoms. The second kappa shape index (κ2) is 8.66. The van der Waals surface area contributed by atoms with Crippen LogP contribution < -0.4 is 10.6 Å². The van der Waals surface area contributed by atoms with Gasteiger partial charge in [0.1, 0.15) is 5.69 Å². The second-order valence-electron chi connectivity index (χ2n) is 5.05. The number of pyridine rings is 1. The number of carbonyl (C=O) groups is 1. The number of carbonyl (C=O) groups excluding carboxylic acids is 1. The summed E-state index contributed by atoms with van der Waals surface area (Å²) in [6.45, 7) is 1.44. The van der Waals surface area contributed by atoms with Crippen LogP contribution in [-0.2, 0) is 4.74 Å². The van der Waals surface area contributed by atoms with Crippen molar-refractivity contribution in [1.29, 1.82) is 0 Å². The van der Waals surface area contributed by atoms with Crippen molar-refractivity contribution in [2.24, 2.45) is 0 Å². The lowest BCUT2D eigenvalue weighted by molar-refractivity contribution is 0.0776. The third-order valence-corrected chi connectivity index (χ3v) is 3.90. The van der Waals surface area contributed by atoms with Gasteiger partial charge in [-0.05, 0) is 18.2 Å². The van der Waals surface area contributed by atoms with Crippen LogP contribution in [0.1, 0.15) is 10.5 Å². The number of amides is 1. The Balaban J connectivity index is 0.00000132. The van der Waals surface area contributed by atoms with Crippen molar-refractivity contribution in [2.45, 2.75) is 12.1 Å². The first-order valence-corrected chi connectivity index (χ1v) is 7.16. The molecule has 23 heavy (non-hydrogen) atoms. The number of nitrogens with zero attached hydrogens (tertiary/aromatic N) is 1. The third kappa shape index (κ3) is 4.46. The summed E-state index contributed by atoms with van der Waals surface area (Å²) in [7, 11) is 1.65. The van der Waals surface area contributed by atoms with Gasteiger partial charge in [-0.25, -0.2) is 4.98 Å². The van der Waals surface area contributed by atoms with Gasteiger partial charge in [-0.1, -0.05) is 23.7 Å². The summed E-state index contributed by atoms with van der Waals surface area (Å²) >= 11 is 5.96. The summed E-state index contributed by atoms with van der Waals surface area (Å²) in [6.07, 6.45) is -0.0103. The number of aromatic nitrogens is 1. The standard InChI is InChI=1S/C15H16ClN3O2.2ClH/c1-21-14-8-17-7-13(14)19-15(20)11-5-3-9-2-4-10(16)6-12(9)18-11;;/h2-6,13-14,17H,7-8H2,1H3,(H,19,20);2*1H. The Bertz CT molecular complexity index is 684. The van der Waals surface area contributed by atoms with E-state index in [4.69, 9.17) is 16.3 Å². The van der Waals surface area contributed by atoms with E-state index in [2.05, 4.69) is 15.6 Å². The Morgan fingerprint density at radius 3 is 2.78 bits per heavy atom. The SMILES string of the molecule is COC1CNCC1NC(=O)c1ccc2ccc(Cl)cc2n1.Cl.Cl. The van der Waals surface area contributed by atoms with Crippen molar-refractivity contribution in [2.75, 3.05) is 20.2 Å².